The number of rotatable bonds is 3. The quantitative estimate of drug-likeness (QED) is 0.687. The number of benzene rings is 1. The SMILES string of the molecule is Cn1ccc(NC(=O)c2cc(F)c(F)cc2[N+](=O)[O-])n1. The van der Waals surface area contributed by atoms with Gasteiger partial charge in [-0.3, -0.25) is 19.6 Å². The largest absolute Gasteiger partial charge is 0.305 e. The number of halogens is 2. The molecule has 0 aliphatic heterocycles. The van der Waals surface area contributed by atoms with Gasteiger partial charge in [0.15, 0.2) is 17.5 Å². The summed E-state index contributed by atoms with van der Waals surface area (Å²) in [7, 11) is 1.61. The molecule has 0 fully saturated rings. The summed E-state index contributed by atoms with van der Waals surface area (Å²) in [6, 6.07) is 2.29. The van der Waals surface area contributed by atoms with E-state index in [0.717, 1.165) is 0 Å². The maximum Gasteiger partial charge on any atom is 0.285 e. The van der Waals surface area contributed by atoms with Gasteiger partial charge in [-0.15, -0.1) is 0 Å². The smallest absolute Gasteiger partial charge is 0.285 e. The molecular weight excluding hydrogens is 274 g/mol. The van der Waals surface area contributed by atoms with Gasteiger partial charge in [-0.05, 0) is 6.07 Å². The van der Waals surface area contributed by atoms with Crippen molar-refractivity contribution in [2.45, 2.75) is 0 Å². The van der Waals surface area contributed by atoms with Crippen LogP contribution in [0.2, 0.25) is 0 Å². The third kappa shape index (κ3) is 2.60. The molecule has 0 bridgehead atoms. The zero-order chi connectivity index (χ0) is 14.9. The monoisotopic (exact) mass is 282 g/mol. The van der Waals surface area contributed by atoms with E-state index < -0.39 is 33.7 Å². The summed E-state index contributed by atoms with van der Waals surface area (Å²) >= 11 is 0. The number of anilines is 1. The highest BCUT2D eigenvalue weighted by Crippen LogP contribution is 2.23. The second-order valence-electron chi connectivity index (χ2n) is 3.87. The van der Waals surface area contributed by atoms with Crippen LogP contribution in [-0.2, 0) is 7.05 Å². The number of amides is 1. The summed E-state index contributed by atoms with van der Waals surface area (Å²) in [5.41, 5.74) is -1.41. The molecule has 1 aromatic carbocycles. The average Bonchev–Trinajstić information content (AvgIpc) is 2.77. The lowest BCUT2D eigenvalue weighted by Gasteiger charge is -2.04. The van der Waals surface area contributed by atoms with E-state index >= 15 is 0 Å². The van der Waals surface area contributed by atoms with Crippen LogP contribution >= 0.6 is 0 Å². The third-order valence-electron chi connectivity index (χ3n) is 2.44. The van der Waals surface area contributed by atoms with Crippen molar-refractivity contribution in [3.05, 3.63) is 51.7 Å². The average molecular weight is 282 g/mol. The van der Waals surface area contributed by atoms with E-state index in [1.54, 1.807) is 7.05 Å². The molecule has 2 aromatic rings. The molecule has 0 saturated heterocycles. The van der Waals surface area contributed by atoms with E-state index in [0.29, 0.717) is 12.1 Å². The summed E-state index contributed by atoms with van der Waals surface area (Å²) in [6.07, 6.45) is 1.54. The number of carbonyl (C=O) groups is 1. The van der Waals surface area contributed by atoms with Gasteiger partial charge in [-0.2, -0.15) is 5.10 Å². The summed E-state index contributed by atoms with van der Waals surface area (Å²) in [4.78, 5) is 21.7. The Morgan fingerprint density at radius 1 is 1.40 bits per heavy atom. The molecule has 20 heavy (non-hydrogen) atoms. The highest BCUT2D eigenvalue weighted by Gasteiger charge is 2.24. The maximum atomic E-state index is 13.1. The van der Waals surface area contributed by atoms with Crippen molar-refractivity contribution in [2.24, 2.45) is 7.05 Å². The first-order chi connectivity index (χ1) is 9.38. The van der Waals surface area contributed by atoms with Gasteiger partial charge >= 0.3 is 0 Å². The number of nitrogens with zero attached hydrogens (tertiary/aromatic N) is 3. The predicted octanol–water partition coefficient (Wildman–Crippen LogP) is 1.86. The molecule has 7 nitrogen and oxygen atoms in total. The van der Waals surface area contributed by atoms with E-state index in [9.17, 15) is 23.7 Å². The summed E-state index contributed by atoms with van der Waals surface area (Å²) in [5.74, 6) is -3.56. The van der Waals surface area contributed by atoms with Crippen molar-refractivity contribution in [3.63, 3.8) is 0 Å². The van der Waals surface area contributed by atoms with Crippen LogP contribution in [-0.4, -0.2) is 20.6 Å². The molecule has 2 rings (SSSR count). The summed E-state index contributed by atoms with van der Waals surface area (Å²) < 4.78 is 27.5. The number of carbonyl (C=O) groups excluding carboxylic acids is 1. The van der Waals surface area contributed by atoms with Crippen molar-refractivity contribution >= 4 is 17.4 Å². The highest BCUT2D eigenvalue weighted by molar-refractivity contribution is 6.06. The maximum absolute atomic E-state index is 13.1. The van der Waals surface area contributed by atoms with Crippen LogP contribution < -0.4 is 5.32 Å². The van der Waals surface area contributed by atoms with Crippen molar-refractivity contribution in [3.8, 4) is 0 Å². The number of hydrogen-bond acceptors (Lipinski definition) is 4. The van der Waals surface area contributed by atoms with Crippen LogP contribution in [0.5, 0.6) is 0 Å². The minimum atomic E-state index is -1.40. The molecule has 1 aromatic heterocycles. The van der Waals surface area contributed by atoms with Gasteiger partial charge in [-0.25, -0.2) is 8.78 Å². The Kier molecular flexibility index (Phi) is 3.42. The van der Waals surface area contributed by atoms with E-state index in [1.807, 2.05) is 0 Å². The number of nitro groups is 1. The first kappa shape index (κ1) is 13.6. The van der Waals surface area contributed by atoms with Crippen LogP contribution in [0, 0.1) is 21.7 Å². The molecule has 0 atom stereocenters. The molecule has 0 unspecified atom stereocenters. The third-order valence-corrected chi connectivity index (χ3v) is 2.44. The number of aromatic nitrogens is 2. The van der Waals surface area contributed by atoms with Crippen LogP contribution in [0.25, 0.3) is 0 Å². The van der Waals surface area contributed by atoms with Crippen LogP contribution in [0.4, 0.5) is 20.3 Å². The Labute approximate surface area is 111 Å². The molecule has 0 aliphatic rings. The number of aryl methyl sites for hydroxylation is 1. The van der Waals surface area contributed by atoms with Crippen molar-refractivity contribution < 1.29 is 18.5 Å². The Morgan fingerprint density at radius 2 is 2.05 bits per heavy atom. The van der Waals surface area contributed by atoms with Crippen molar-refractivity contribution in [1.29, 1.82) is 0 Å². The van der Waals surface area contributed by atoms with Crippen molar-refractivity contribution in [2.75, 3.05) is 5.32 Å². The Balaban J connectivity index is 2.38. The van der Waals surface area contributed by atoms with Crippen LogP contribution in [0.15, 0.2) is 24.4 Å². The molecule has 0 saturated carbocycles. The zero-order valence-corrected chi connectivity index (χ0v) is 10.1. The molecule has 0 spiro atoms. The van der Waals surface area contributed by atoms with Gasteiger partial charge in [0.1, 0.15) is 5.56 Å². The molecule has 1 N–H and O–H groups in total. The van der Waals surface area contributed by atoms with E-state index in [-0.39, 0.29) is 5.82 Å². The molecule has 1 heterocycles. The zero-order valence-electron chi connectivity index (χ0n) is 10.1. The fraction of sp³-hybridized carbons (Fsp3) is 0.0909. The Hall–Kier alpha value is -2.84. The number of nitrogens with one attached hydrogen (secondary N) is 1. The van der Waals surface area contributed by atoms with Crippen molar-refractivity contribution in [1.82, 2.24) is 9.78 Å². The van der Waals surface area contributed by atoms with Crippen LogP contribution in [0.3, 0.4) is 0 Å². The van der Waals surface area contributed by atoms with E-state index in [1.165, 1.54) is 16.9 Å². The molecule has 9 heteroatoms. The molecule has 0 radical (unpaired) electrons. The highest BCUT2D eigenvalue weighted by atomic mass is 19.2. The normalized spacial score (nSPS) is 10.3. The van der Waals surface area contributed by atoms with Gasteiger partial charge in [0.05, 0.1) is 11.0 Å². The minimum Gasteiger partial charge on any atom is -0.305 e. The fourth-order valence-electron chi connectivity index (χ4n) is 1.53. The molecular formula is C11H8F2N4O3. The van der Waals surface area contributed by atoms with E-state index in [2.05, 4.69) is 10.4 Å². The number of hydrogen-bond donors (Lipinski definition) is 1. The minimum absolute atomic E-state index is 0.136. The first-order valence-corrected chi connectivity index (χ1v) is 5.33. The molecule has 104 valence electrons. The Bertz CT molecular complexity index is 699. The summed E-state index contributed by atoms with van der Waals surface area (Å²) in [5, 5.41) is 16.9. The van der Waals surface area contributed by atoms with Gasteiger partial charge in [-0.1, -0.05) is 0 Å². The molecule has 0 aliphatic carbocycles. The van der Waals surface area contributed by atoms with E-state index in [4.69, 9.17) is 0 Å². The second-order valence-corrected chi connectivity index (χ2v) is 3.87. The Morgan fingerprint density at radius 3 is 2.60 bits per heavy atom. The van der Waals surface area contributed by atoms with Gasteiger partial charge in [0.25, 0.3) is 11.6 Å². The standard InChI is InChI=1S/C11H8F2N4O3/c1-16-3-2-10(15-16)14-11(18)6-4-7(12)8(13)5-9(6)17(19)20/h2-5H,1H3,(H,14,15,18). The van der Waals surface area contributed by atoms with Crippen LogP contribution in [0.1, 0.15) is 10.4 Å². The topological polar surface area (TPSA) is 90.1 Å². The number of nitro benzene ring substituents is 1. The fourth-order valence-corrected chi connectivity index (χ4v) is 1.53. The first-order valence-electron chi connectivity index (χ1n) is 5.33. The van der Waals surface area contributed by atoms with Gasteiger partial charge in [0.2, 0.25) is 0 Å². The second kappa shape index (κ2) is 5.03. The summed E-state index contributed by atoms with van der Waals surface area (Å²) in [6.45, 7) is 0. The predicted molar refractivity (Wildman–Crippen MR) is 64.2 cm³/mol. The van der Waals surface area contributed by atoms with Gasteiger partial charge in [0, 0.05) is 19.3 Å². The van der Waals surface area contributed by atoms with Gasteiger partial charge < -0.3 is 5.32 Å². The lowest BCUT2D eigenvalue weighted by atomic mass is 10.1. The lowest BCUT2D eigenvalue weighted by molar-refractivity contribution is -0.385. The lowest BCUT2D eigenvalue weighted by Crippen LogP contribution is -2.15. The molecule has 1 amide bonds.